The largest absolute Gasteiger partial charge is 0.458 e. The zero-order valence-electron chi connectivity index (χ0n) is 11.4. The summed E-state index contributed by atoms with van der Waals surface area (Å²) < 4.78 is 11.1. The van der Waals surface area contributed by atoms with Gasteiger partial charge in [-0.1, -0.05) is 18.2 Å². The minimum absolute atomic E-state index is 0.0397. The molecule has 0 aromatic carbocycles. The van der Waals surface area contributed by atoms with E-state index in [1.54, 1.807) is 0 Å². The van der Waals surface area contributed by atoms with E-state index in [2.05, 4.69) is 6.58 Å². The standard InChI is InChI=1S/C15H20O4/c1-8-4-10(16)7-15(3)13(19-15)6-11-9(2)14(17)18-12(11)5-8/h4,10-13,16H,2,5-7H2,1,3H3/b8-4+/t10?,11?,12?,13?,15-/m1/s1. The number of fused-ring (bicyclic) bond motifs is 2. The van der Waals surface area contributed by atoms with Crippen LogP contribution in [0, 0.1) is 5.92 Å². The smallest absolute Gasteiger partial charge is 0.334 e. The van der Waals surface area contributed by atoms with Crippen LogP contribution in [0.1, 0.15) is 33.1 Å². The second-order valence-electron chi connectivity index (χ2n) is 6.22. The second-order valence-corrected chi connectivity index (χ2v) is 6.22. The number of rotatable bonds is 0. The van der Waals surface area contributed by atoms with Crippen molar-refractivity contribution in [2.24, 2.45) is 5.92 Å². The number of carbonyl (C=O) groups excluding carboxylic acids is 1. The summed E-state index contributed by atoms with van der Waals surface area (Å²) >= 11 is 0. The molecule has 0 bridgehead atoms. The summed E-state index contributed by atoms with van der Waals surface area (Å²) in [5.74, 6) is -0.247. The number of aliphatic hydroxyl groups excluding tert-OH is 1. The Kier molecular flexibility index (Phi) is 2.84. The Morgan fingerprint density at radius 3 is 3.00 bits per heavy atom. The Balaban J connectivity index is 1.88. The van der Waals surface area contributed by atoms with Gasteiger partial charge in [-0.05, 0) is 20.3 Å². The predicted octanol–water partition coefficient (Wildman–Crippen LogP) is 1.73. The van der Waals surface area contributed by atoms with Crippen LogP contribution < -0.4 is 0 Å². The number of carbonyl (C=O) groups is 1. The summed E-state index contributed by atoms with van der Waals surface area (Å²) in [5, 5.41) is 10.0. The van der Waals surface area contributed by atoms with Crippen LogP contribution in [0.25, 0.3) is 0 Å². The minimum atomic E-state index is -0.494. The molecule has 0 saturated carbocycles. The zero-order valence-corrected chi connectivity index (χ0v) is 11.4. The Labute approximate surface area is 113 Å². The van der Waals surface area contributed by atoms with E-state index in [1.165, 1.54) is 0 Å². The molecule has 2 saturated heterocycles. The van der Waals surface area contributed by atoms with E-state index >= 15 is 0 Å². The highest BCUT2D eigenvalue weighted by molar-refractivity contribution is 5.90. The fraction of sp³-hybridized carbons (Fsp3) is 0.667. The van der Waals surface area contributed by atoms with Gasteiger partial charge in [-0.3, -0.25) is 0 Å². The molecule has 3 rings (SSSR count). The number of ether oxygens (including phenoxy) is 2. The van der Waals surface area contributed by atoms with E-state index in [-0.39, 0.29) is 29.7 Å². The van der Waals surface area contributed by atoms with Crippen molar-refractivity contribution in [2.75, 3.05) is 0 Å². The van der Waals surface area contributed by atoms with Gasteiger partial charge in [0.25, 0.3) is 0 Å². The van der Waals surface area contributed by atoms with Gasteiger partial charge in [-0.2, -0.15) is 0 Å². The molecule has 4 nitrogen and oxygen atoms in total. The van der Waals surface area contributed by atoms with Crippen LogP contribution in [-0.2, 0) is 14.3 Å². The first kappa shape index (κ1) is 12.9. The summed E-state index contributed by atoms with van der Waals surface area (Å²) in [6.07, 6.45) is 3.31. The maximum absolute atomic E-state index is 11.7. The summed E-state index contributed by atoms with van der Waals surface area (Å²) in [6, 6.07) is 0. The Bertz CT molecular complexity index is 467. The molecule has 19 heavy (non-hydrogen) atoms. The van der Waals surface area contributed by atoms with Crippen LogP contribution in [0.3, 0.4) is 0 Å². The number of hydrogen-bond donors (Lipinski definition) is 1. The lowest BCUT2D eigenvalue weighted by atomic mass is 9.84. The van der Waals surface area contributed by atoms with Gasteiger partial charge in [0.05, 0.1) is 17.8 Å². The Hall–Kier alpha value is -1.13. The molecular formula is C15H20O4. The molecule has 0 aromatic rings. The van der Waals surface area contributed by atoms with Crippen LogP contribution in [0.2, 0.25) is 0 Å². The average molecular weight is 264 g/mol. The maximum Gasteiger partial charge on any atom is 0.334 e. The third kappa shape index (κ3) is 2.23. The number of epoxide rings is 1. The lowest BCUT2D eigenvalue weighted by Gasteiger charge is -2.20. The molecule has 5 atom stereocenters. The third-order valence-electron chi connectivity index (χ3n) is 4.53. The van der Waals surface area contributed by atoms with E-state index in [1.807, 2.05) is 19.9 Å². The normalized spacial score (nSPS) is 48.7. The predicted molar refractivity (Wildman–Crippen MR) is 69.4 cm³/mol. The van der Waals surface area contributed by atoms with E-state index in [9.17, 15) is 9.90 Å². The molecule has 0 radical (unpaired) electrons. The molecule has 2 aliphatic heterocycles. The number of aliphatic hydroxyl groups is 1. The van der Waals surface area contributed by atoms with Gasteiger partial charge in [-0.25, -0.2) is 4.79 Å². The Morgan fingerprint density at radius 1 is 1.53 bits per heavy atom. The van der Waals surface area contributed by atoms with Gasteiger partial charge in [0.15, 0.2) is 0 Å². The van der Waals surface area contributed by atoms with E-state index in [0.29, 0.717) is 18.4 Å². The molecular weight excluding hydrogens is 244 g/mol. The van der Waals surface area contributed by atoms with Crippen molar-refractivity contribution < 1.29 is 19.4 Å². The fourth-order valence-corrected chi connectivity index (χ4v) is 3.34. The van der Waals surface area contributed by atoms with E-state index < -0.39 is 6.10 Å². The summed E-state index contributed by atoms with van der Waals surface area (Å²) in [7, 11) is 0. The summed E-state index contributed by atoms with van der Waals surface area (Å²) in [4.78, 5) is 11.7. The molecule has 4 unspecified atom stereocenters. The van der Waals surface area contributed by atoms with E-state index in [0.717, 1.165) is 12.0 Å². The first-order valence-electron chi connectivity index (χ1n) is 6.82. The van der Waals surface area contributed by atoms with Gasteiger partial charge in [0, 0.05) is 24.3 Å². The van der Waals surface area contributed by atoms with Gasteiger partial charge in [0.1, 0.15) is 6.10 Å². The first-order valence-corrected chi connectivity index (χ1v) is 6.82. The van der Waals surface area contributed by atoms with Crippen LogP contribution >= 0.6 is 0 Å². The second kappa shape index (κ2) is 4.18. The molecule has 0 spiro atoms. The average Bonchev–Trinajstić information content (AvgIpc) is 2.84. The van der Waals surface area contributed by atoms with Crippen molar-refractivity contribution in [3.63, 3.8) is 0 Å². The van der Waals surface area contributed by atoms with Crippen molar-refractivity contribution >= 4 is 5.97 Å². The van der Waals surface area contributed by atoms with Crippen LogP contribution in [0.5, 0.6) is 0 Å². The highest BCUT2D eigenvalue weighted by Crippen LogP contribution is 2.48. The molecule has 3 aliphatic rings. The molecule has 4 heteroatoms. The van der Waals surface area contributed by atoms with Crippen molar-refractivity contribution in [3.05, 3.63) is 23.8 Å². The first-order chi connectivity index (χ1) is 8.89. The van der Waals surface area contributed by atoms with Crippen LogP contribution in [0.15, 0.2) is 23.8 Å². The molecule has 2 heterocycles. The van der Waals surface area contributed by atoms with Gasteiger partial charge in [-0.15, -0.1) is 0 Å². The minimum Gasteiger partial charge on any atom is -0.458 e. The molecule has 2 fully saturated rings. The van der Waals surface area contributed by atoms with Crippen molar-refractivity contribution in [1.82, 2.24) is 0 Å². The fourth-order valence-electron chi connectivity index (χ4n) is 3.34. The quantitative estimate of drug-likeness (QED) is 0.313. The highest BCUT2D eigenvalue weighted by Gasteiger charge is 2.55. The molecule has 104 valence electrons. The van der Waals surface area contributed by atoms with Crippen molar-refractivity contribution in [1.29, 1.82) is 0 Å². The topological polar surface area (TPSA) is 59.1 Å². The van der Waals surface area contributed by atoms with Gasteiger partial charge >= 0.3 is 5.97 Å². The molecule has 0 amide bonds. The monoisotopic (exact) mass is 264 g/mol. The lowest BCUT2D eigenvalue weighted by Crippen LogP contribution is -2.25. The molecule has 0 aromatic heterocycles. The number of esters is 1. The van der Waals surface area contributed by atoms with E-state index in [4.69, 9.17) is 9.47 Å². The Morgan fingerprint density at radius 2 is 2.26 bits per heavy atom. The number of hydrogen-bond acceptors (Lipinski definition) is 4. The SMILES string of the molecule is C=C1C(=O)OC2C/C(C)=C/C(O)C[C@@]3(C)OC3CC12. The van der Waals surface area contributed by atoms with Gasteiger partial charge < -0.3 is 14.6 Å². The lowest BCUT2D eigenvalue weighted by molar-refractivity contribution is -0.139. The van der Waals surface area contributed by atoms with Crippen molar-refractivity contribution in [2.45, 2.75) is 57.0 Å². The molecule has 1 aliphatic carbocycles. The van der Waals surface area contributed by atoms with Crippen molar-refractivity contribution in [3.8, 4) is 0 Å². The third-order valence-corrected chi connectivity index (χ3v) is 4.53. The summed E-state index contributed by atoms with van der Waals surface area (Å²) in [6.45, 7) is 7.84. The maximum atomic E-state index is 11.7. The van der Waals surface area contributed by atoms with Gasteiger partial charge in [0.2, 0.25) is 0 Å². The van der Waals surface area contributed by atoms with Crippen LogP contribution in [0.4, 0.5) is 0 Å². The summed E-state index contributed by atoms with van der Waals surface area (Å²) in [5.41, 5.74) is 1.34. The van der Waals surface area contributed by atoms with Crippen LogP contribution in [-0.4, -0.2) is 35.0 Å². The zero-order chi connectivity index (χ0) is 13.8. The molecule has 1 N–H and O–H groups in total. The highest BCUT2D eigenvalue weighted by atomic mass is 16.6.